The number of nitrogens with zero attached hydrogens (tertiary/aromatic N) is 1. The van der Waals surface area contributed by atoms with E-state index in [2.05, 4.69) is 28.2 Å². The van der Waals surface area contributed by atoms with Gasteiger partial charge in [-0.3, -0.25) is 0 Å². The maximum atomic E-state index is 5.65. The molecule has 0 aliphatic heterocycles. The SMILES string of the molecule is NCc1ccc2nc(CCC3CCCC3)[nH]c2c1. The number of nitrogens with two attached hydrogens (primary N) is 1. The molecule has 1 aliphatic rings. The number of aryl methyl sites for hydroxylation is 1. The van der Waals surface area contributed by atoms with E-state index in [9.17, 15) is 0 Å². The summed E-state index contributed by atoms with van der Waals surface area (Å²) in [7, 11) is 0. The Kier molecular flexibility index (Phi) is 3.33. The van der Waals surface area contributed by atoms with Crippen LogP contribution in [0.15, 0.2) is 18.2 Å². The molecule has 1 aromatic heterocycles. The highest BCUT2D eigenvalue weighted by molar-refractivity contribution is 5.75. The molecule has 96 valence electrons. The lowest BCUT2D eigenvalue weighted by molar-refractivity contribution is 0.498. The molecule has 0 bridgehead atoms. The Balaban J connectivity index is 1.72. The average molecular weight is 243 g/mol. The molecule has 1 aromatic carbocycles. The zero-order valence-electron chi connectivity index (χ0n) is 10.8. The number of H-pyrrole nitrogens is 1. The van der Waals surface area contributed by atoms with Crippen LogP contribution >= 0.6 is 0 Å². The van der Waals surface area contributed by atoms with Crippen LogP contribution in [0.3, 0.4) is 0 Å². The van der Waals surface area contributed by atoms with Gasteiger partial charge < -0.3 is 10.7 Å². The van der Waals surface area contributed by atoms with Gasteiger partial charge in [0.1, 0.15) is 5.82 Å². The molecule has 3 rings (SSSR count). The maximum Gasteiger partial charge on any atom is 0.107 e. The molecule has 2 aromatic rings. The smallest absolute Gasteiger partial charge is 0.107 e. The summed E-state index contributed by atoms with van der Waals surface area (Å²) < 4.78 is 0. The number of fused-ring (bicyclic) bond motifs is 1. The standard InChI is InChI=1S/C15H21N3/c16-10-12-5-7-13-14(9-12)18-15(17-13)8-6-11-3-1-2-4-11/h5,7,9,11H,1-4,6,8,10,16H2,(H,17,18). The van der Waals surface area contributed by atoms with E-state index < -0.39 is 0 Å². The van der Waals surface area contributed by atoms with Gasteiger partial charge in [0.2, 0.25) is 0 Å². The average Bonchev–Trinajstić information content (AvgIpc) is 3.04. The maximum absolute atomic E-state index is 5.65. The van der Waals surface area contributed by atoms with Crippen LogP contribution in [-0.2, 0) is 13.0 Å². The Hall–Kier alpha value is -1.35. The Morgan fingerprint density at radius 2 is 2.11 bits per heavy atom. The molecule has 0 spiro atoms. The molecule has 0 unspecified atom stereocenters. The molecule has 3 nitrogen and oxygen atoms in total. The lowest BCUT2D eigenvalue weighted by Gasteiger charge is -2.05. The highest BCUT2D eigenvalue weighted by atomic mass is 14.9. The summed E-state index contributed by atoms with van der Waals surface area (Å²) in [5.74, 6) is 2.06. The summed E-state index contributed by atoms with van der Waals surface area (Å²) in [6.45, 7) is 0.590. The normalized spacial score (nSPS) is 16.7. The van der Waals surface area contributed by atoms with E-state index in [1.165, 1.54) is 32.1 Å². The number of imidazole rings is 1. The van der Waals surface area contributed by atoms with Gasteiger partial charge >= 0.3 is 0 Å². The molecular formula is C15H21N3. The number of nitrogens with one attached hydrogen (secondary N) is 1. The van der Waals surface area contributed by atoms with Crippen LogP contribution in [0.25, 0.3) is 11.0 Å². The monoisotopic (exact) mass is 243 g/mol. The lowest BCUT2D eigenvalue weighted by atomic mass is 10.0. The highest BCUT2D eigenvalue weighted by Crippen LogP contribution is 2.28. The Bertz CT molecular complexity index is 524. The highest BCUT2D eigenvalue weighted by Gasteiger charge is 2.15. The van der Waals surface area contributed by atoms with Crippen LogP contribution in [0.5, 0.6) is 0 Å². The predicted octanol–water partition coefficient (Wildman–Crippen LogP) is 3.14. The predicted molar refractivity (Wildman–Crippen MR) is 74.3 cm³/mol. The van der Waals surface area contributed by atoms with Gasteiger partial charge in [0, 0.05) is 13.0 Å². The van der Waals surface area contributed by atoms with Gasteiger partial charge in [-0.25, -0.2) is 4.98 Å². The third-order valence-corrected chi connectivity index (χ3v) is 4.10. The van der Waals surface area contributed by atoms with E-state index in [0.717, 1.165) is 34.8 Å². The lowest BCUT2D eigenvalue weighted by Crippen LogP contribution is -1.97. The van der Waals surface area contributed by atoms with E-state index >= 15 is 0 Å². The molecule has 1 saturated carbocycles. The second-order valence-electron chi connectivity index (χ2n) is 5.43. The summed E-state index contributed by atoms with van der Waals surface area (Å²) in [5.41, 5.74) is 9.00. The fraction of sp³-hybridized carbons (Fsp3) is 0.533. The van der Waals surface area contributed by atoms with Crippen LogP contribution in [0, 0.1) is 5.92 Å². The van der Waals surface area contributed by atoms with Crippen LogP contribution < -0.4 is 5.73 Å². The van der Waals surface area contributed by atoms with Crippen LogP contribution in [-0.4, -0.2) is 9.97 Å². The fourth-order valence-electron chi connectivity index (χ4n) is 2.99. The number of aromatic nitrogens is 2. The van der Waals surface area contributed by atoms with Crippen molar-refractivity contribution in [2.24, 2.45) is 11.7 Å². The number of hydrogen-bond donors (Lipinski definition) is 2. The molecule has 3 heteroatoms. The molecule has 1 aliphatic carbocycles. The quantitative estimate of drug-likeness (QED) is 0.866. The van der Waals surface area contributed by atoms with E-state index in [-0.39, 0.29) is 0 Å². The number of hydrogen-bond acceptors (Lipinski definition) is 2. The first-order chi connectivity index (χ1) is 8.85. The molecule has 0 radical (unpaired) electrons. The molecule has 0 saturated heterocycles. The minimum atomic E-state index is 0.590. The van der Waals surface area contributed by atoms with Crippen LogP contribution in [0.4, 0.5) is 0 Å². The van der Waals surface area contributed by atoms with Gasteiger partial charge in [-0.15, -0.1) is 0 Å². The first kappa shape index (κ1) is 11.7. The third-order valence-electron chi connectivity index (χ3n) is 4.10. The summed E-state index contributed by atoms with van der Waals surface area (Å²) >= 11 is 0. The summed E-state index contributed by atoms with van der Waals surface area (Å²) in [5, 5.41) is 0. The van der Waals surface area contributed by atoms with E-state index in [4.69, 9.17) is 5.73 Å². The van der Waals surface area contributed by atoms with Crippen molar-refractivity contribution in [3.63, 3.8) is 0 Å². The van der Waals surface area contributed by atoms with Crippen molar-refractivity contribution in [3.05, 3.63) is 29.6 Å². The zero-order valence-corrected chi connectivity index (χ0v) is 10.8. The van der Waals surface area contributed by atoms with Crippen LogP contribution in [0.2, 0.25) is 0 Å². The van der Waals surface area contributed by atoms with Gasteiger partial charge in [0.25, 0.3) is 0 Å². The molecule has 1 heterocycles. The van der Waals surface area contributed by atoms with Crippen molar-refractivity contribution in [2.45, 2.75) is 45.1 Å². The minimum Gasteiger partial charge on any atom is -0.342 e. The summed E-state index contributed by atoms with van der Waals surface area (Å²) in [4.78, 5) is 8.08. The number of rotatable bonds is 4. The molecular weight excluding hydrogens is 222 g/mol. The van der Waals surface area contributed by atoms with E-state index in [1.807, 2.05) is 0 Å². The van der Waals surface area contributed by atoms with Crippen molar-refractivity contribution in [1.29, 1.82) is 0 Å². The van der Waals surface area contributed by atoms with E-state index in [1.54, 1.807) is 0 Å². The minimum absolute atomic E-state index is 0.590. The van der Waals surface area contributed by atoms with Crippen LogP contribution in [0.1, 0.15) is 43.5 Å². The Labute approximate surface area is 108 Å². The number of benzene rings is 1. The molecule has 0 amide bonds. The fourth-order valence-corrected chi connectivity index (χ4v) is 2.99. The van der Waals surface area contributed by atoms with Crippen molar-refractivity contribution in [1.82, 2.24) is 9.97 Å². The van der Waals surface area contributed by atoms with Crippen molar-refractivity contribution in [2.75, 3.05) is 0 Å². The van der Waals surface area contributed by atoms with Crippen molar-refractivity contribution >= 4 is 11.0 Å². The first-order valence-corrected chi connectivity index (χ1v) is 7.03. The first-order valence-electron chi connectivity index (χ1n) is 7.03. The molecule has 1 fully saturated rings. The van der Waals surface area contributed by atoms with Gasteiger partial charge in [-0.1, -0.05) is 31.7 Å². The second-order valence-corrected chi connectivity index (χ2v) is 5.43. The Morgan fingerprint density at radius 1 is 1.28 bits per heavy atom. The van der Waals surface area contributed by atoms with Gasteiger partial charge in [-0.05, 0) is 30.0 Å². The molecule has 3 N–H and O–H groups in total. The van der Waals surface area contributed by atoms with Crippen molar-refractivity contribution in [3.8, 4) is 0 Å². The van der Waals surface area contributed by atoms with Gasteiger partial charge in [0.15, 0.2) is 0 Å². The summed E-state index contributed by atoms with van der Waals surface area (Å²) in [6, 6.07) is 6.23. The Morgan fingerprint density at radius 3 is 2.89 bits per heavy atom. The second kappa shape index (κ2) is 5.11. The molecule has 18 heavy (non-hydrogen) atoms. The molecule has 0 atom stereocenters. The topological polar surface area (TPSA) is 54.7 Å². The third kappa shape index (κ3) is 2.41. The number of aromatic amines is 1. The van der Waals surface area contributed by atoms with Gasteiger partial charge in [0.05, 0.1) is 11.0 Å². The van der Waals surface area contributed by atoms with E-state index in [0.29, 0.717) is 6.54 Å². The van der Waals surface area contributed by atoms with Gasteiger partial charge in [-0.2, -0.15) is 0 Å². The van der Waals surface area contributed by atoms with Crippen molar-refractivity contribution < 1.29 is 0 Å². The zero-order chi connectivity index (χ0) is 12.4. The largest absolute Gasteiger partial charge is 0.342 e. The summed E-state index contributed by atoms with van der Waals surface area (Å²) in [6.07, 6.45) is 8.03.